The first-order valence-corrected chi connectivity index (χ1v) is 16.9. The number of H-pyrrole nitrogens is 1. The van der Waals surface area contributed by atoms with Crippen molar-refractivity contribution in [1.29, 1.82) is 0 Å². The number of aliphatic hydroxyl groups excluding tert-OH is 1. The zero-order chi connectivity index (χ0) is 33.2. The van der Waals surface area contributed by atoms with E-state index in [1.807, 2.05) is 6.92 Å². The largest absolute Gasteiger partial charge is 0.461 e. The minimum atomic E-state index is -1.24. The van der Waals surface area contributed by atoms with Crippen LogP contribution in [0.5, 0.6) is 0 Å². The Bertz CT molecular complexity index is 1720. The second kappa shape index (κ2) is 11.8. The average molecular weight is 657 g/mol. The molecule has 3 saturated carbocycles. The van der Waals surface area contributed by atoms with E-state index in [2.05, 4.69) is 37.3 Å². The van der Waals surface area contributed by atoms with Crippen molar-refractivity contribution in [1.82, 2.24) is 9.97 Å². The van der Waals surface area contributed by atoms with Crippen LogP contribution in [0.3, 0.4) is 0 Å². The first-order valence-electron chi connectivity index (χ1n) is 15.9. The van der Waals surface area contributed by atoms with Gasteiger partial charge in [0.2, 0.25) is 0 Å². The third kappa shape index (κ3) is 5.27. The van der Waals surface area contributed by atoms with Gasteiger partial charge in [0.15, 0.2) is 35.7 Å². The Hall–Kier alpha value is -3.18. The topological polar surface area (TPSA) is 96.2 Å². The van der Waals surface area contributed by atoms with E-state index in [0.717, 1.165) is 25.3 Å². The summed E-state index contributed by atoms with van der Waals surface area (Å²) < 4.78 is 49.2. The quantitative estimate of drug-likeness (QED) is 0.102. The summed E-state index contributed by atoms with van der Waals surface area (Å²) in [5, 5.41) is 12.2. The van der Waals surface area contributed by atoms with Crippen LogP contribution < -0.4 is 4.57 Å². The van der Waals surface area contributed by atoms with Crippen molar-refractivity contribution in [3.05, 3.63) is 66.3 Å². The van der Waals surface area contributed by atoms with Crippen LogP contribution in [0.2, 0.25) is 0 Å². The molecule has 0 amide bonds. The van der Waals surface area contributed by atoms with E-state index >= 15 is 0 Å². The van der Waals surface area contributed by atoms with Gasteiger partial charge < -0.3 is 14.8 Å². The number of aliphatic hydroxyl groups is 1. The van der Waals surface area contributed by atoms with E-state index in [4.69, 9.17) is 4.74 Å². The van der Waals surface area contributed by atoms with Crippen LogP contribution >= 0.6 is 11.8 Å². The fourth-order valence-electron chi connectivity index (χ4n) is 8.85. The zero-order valence-corrected chi connectivity index (χ0v) is 27.4. The van der Waals surface area contributed by atoms with E-state index in [1.165, 1.54) is 11.8 Å². The molecule has 0 spiro atoms. The molecular formula is C35H41F3N3O4S+. The maximum absolute atomic E-state index is 14.2. The lowest BCUT2D eigenvalue weighted by atomic mass is 9.44. The van der Waals surface area contributed by atoms with Crippen molar-refractivity contribution in [3.63, 3.8) is 0 Å². The number of rotatable bonds is 7. The van der Waals surface area contributed by atoms with Crippen molar-refractivity contribution >= 4 is 34.5 Å². The SMILES string of the molecule is C=C[C@]1(C)C[C@@H](OC(=O)CSc2nc3cc[n+](Cc4cc(F)c(F)cc4F)cc3[nH]2)[C@]2(C)[C@H](C)CC[C@]3(CCC(=O)[C@H]32)[C@@H](C)[C@@H]1O. The molecule has 0 unspecified atom stereocenters. The molecular weight excluding hydrogens is 615 g/mol. The van der Waals surface area contributed by atoms with E-state index in [1.54, 1.807) is 29.1 Å². The van der Waals surface area contributed by atoms with E-state index in [-0.39, 0.29) is 46.8 Å². The van der Waals surface area contributed by atoms with Gasteiger partial charge in [-0.3, -0.25) is 9.59 Å². The zero-order valence-electron chi connectivity index (χ0n) is 26.6. The fourth-order valence-corrected chi connectivity index (χ4v) is 9.51. The van der Waals surface area contributed by atoms with Gasteiger partial charge in [0.25, 0.3) is 0 Å². The third-order valence-corrected chi connectivity index (χ3v) is 12.6. The Labute approximate surface area is 271 Å². The molecule has 2 heterocycles. The molecule has 0 aliphatic heterocycles. The number of fused-ring (bicyclic) bond motifs is 1. The number of esters is 1. The van der Waals surface area contributed by atoms with Crippen LogP contribution in [0.15, 0.2) is 48.4 Å². The number of carbonyl (C=O) groups excluding carboxylic acids is 2. The van der Waals surface area contributed by atoms with Crippen molar-refractivity contribution in [2.75, 3.05) is 5.75 Å². The number of ketones is 1. The number of pyridine rings is 1. The highest BCUT2D eigenvalue weighted by molar-refractivity contribution is 7.99. The molecule has 3 fully saturated rings. The van der Waals surface area contributed by atoms with Gasteiger partial charge >= 0.3 is 5.97 Å². The number of ether oxygens (including phenoxy) is 1. The molecule has 2 aromatic heterocycles. The Balaban J connectivity index is 1.21. The smallest absolute Gasteiger partial charge is 0.316 e. The molecule has 1 aromatic carbocycles. The molecule has 6 rings (SSSR count). The van der Waals surface area contributed by atoms with Crippen molar-refractivity contribution < 1.29 is 37.2 Å². The number of nitrogens with one attached hydrogen (secondary N) is 1. The summed E-state index contributed by atoms with van der Waals surface area (Å²) in [7, 11) is 0. The number of halogens is 3. The lowest BCUT2D eigenvalue weighted by molar-refractivity contribution is -0.687. The first kappa shape index (κ1) is 32.7. The van der Waals surface area contributed by atoms with Crippen LogP contribution in [-0.2, 0) is 20.9 Å². The number of hydrogen-bond donors (Lipinski definition) is 2. The molecule has 2 N–H and O–H groups in total. The summed E-state index contributed by atoms with van der Waals surface area (Å²) in [6.45, 7) is 12.4. The number of thioether (sulfide) groups is 1. The average Bonchev–Trinajstić information content (AvgIpc) is 3.60. The van der Waals surface area contributed by atoms with E-state index in [0.29, 0.717) is 35.1 Å². The van der Waals surface area contributed by atoms with Gasteiger partial charge in [-0.15, -0.1) is 6.58 Å². The molecule has 3 aromatic rings. The number of imidazole rings is 1. The number of hydrogen-bond acceptors (Lipinski definition) is 6. The second-order valence-corrected chi connectivity index (χ2v) is 15.1. The number of aromatic amines is 1. The van der Waals surface area contributed by atoms with Crippen molar-refractivity contribution in [2.24, 2.45) is 34.0 Å². The summed E-state index contributed by atoms with van der Waals surface area (Å²) in [4.78, 5) is 34.8. The maximum Gasteiger partial charge on any atom is 0.316 e. The molecule has 8 atom stereocenters. The predicted molar refractivity (Wildman–Crippen MR) is 167 cm³/mol. The van der Waals surface area contributed by atoms with Crippen LogP contribution in [0.25, 0.3) is 11.0 Å². The predicted octanol–water partition coefficient (Wildman–Crippen LogP) is 6.31. The summed E-state index contributed by atoms with van der Waals surface area (Å²) >= 11 is 1.18. The first-order chi connectivity index (χ1) is 21.7. The monoisotopic (exact) mass is 656 g/mol. The number of nitrogens with zero attached hydrogens (tertiary/aromatic N) is 2. The second-order valence-electron chi connectivity index (χ2n) is 14.2. The molecule has 11 heteroatoms. The standard InChI is InChI=1S/C35H40F3N3O4S/c1-6-33(4)15-28(34(5)19(2)7-10-35(20(3)31(33)44)11-8-27(42)30(34)35)45-29(43)18-46-32-39-25-9-12-41(17-26(25)40-32)16-21-13-23(37)24(38)14-22(21)36/h6,9,12-14,17,19-20,28,30-31,44H,1,7-8,10-11,15-16,18H2,2-5H3/p+1/t19-,20+,28-,30+,31+,33-,34+,35+/m1/s1. The van der Waals surface area contributed by atoms with E-state index in [9.17, 15) is 27.9 Å². The fraction of sp³-hybridized carbons (Fsp3) is 0.543. The van der Waals surface area contributed by atoms with Crippen molar-refractivity contribution in [2.45, 2.75) is 83.7 Å². The highest BCUT2D eigenvalue weighted by Crippen LogP contribution is 2.68. The van der Waals surface area contributed by atoms with Gasteiger partial charge in [-0.1, -0.05) is 45.5 Å². The van der Waals surface area contributed by atoms with Gasteiger partial charge in [0.1, 0.15) is 28.7 Å². The Morgan fingerprint density at radius 1 is 1.22 bits per heavy atom. The van der Waals surface area contributed by atoms with E-state index < -0.39 is 46.5 Å². The minimum Gasteiger partial charge on any atom is -0.461 e. The molecule has 0 saturated heterocycles. The van der Waals surface area contributed by atoms with Gasteiger partial charge in [0.05, 0.1) is 17.4 Å². The molecule has 46 heavy (non-hydrogen) atoms. The lowest BCUT2D eigenvalue weighted by Crippen LogP contribution is -2.63. The number of benzene rings is 1. The van der Waals surface area contributed by atoms with Crippen LogP contribution in [-0.4, -0.2) is 44.8 Å². The van der Waals surface area contributed by atoms with Gasteiger partial charge in [-0.25, -0.2) is 18.2 Å². The van der Waals surface area contributed by atoms with Gasteiger partial charge in [0, 0.05) is 35.3 Å². The molecule has 3 aliphatic rings. The normalized spacial score (nSPS) is 34.2. The van der Waals surface area contributed by atoms with Crippen molar-refractivity contribution in [3.8, 4) is 0 Å². The summed E-state index contributed by atoms with van der Waals surface area (Å²) in [6, 6.07) is 3.08. The molecule has 0 radical (unpaired) electrons. The Kier molecular flexibility index (Phi) is 8.41. The van der Waals surface area contributed by atoms with Gasteiger partial charge in [-0.05, 0) is 49.0 Å². The number of carbonyl (C=O) groups is 2. The molecule has 3 aliphatic carbocycles. The highest BCUT2D eigenvalue weighted by Gasteiger charge is 2.68. The number of Topliss-reactive ketones (excluding diaryl/α,β-unsaturated/α-hetero) is 1. The molecule has 246 valence electrons. The lowest BCUT2D eigenvalue weighted by Gasteiger charge is -2.61. The minimum absolute atomic E-state index is 0.00128. The maximum atomic E-state index is 14.2. The molecule has 7 nitrogen and oxygen atoms in total. The Morgan fingerprint density at radius 3 is 2.70 bits per heavy atom. The summed E-state index contributed by atoms with van der Waals surface area (Å²) in [5.41, 5.74) is -0.417. The summed E-state index contributed by atoms with van der Waals surface area (Å²) in [5.74, 6) is -3.73. The third-order valence-electron chi connectivity index (χ3n) is 11.8. The number of aromatic nitrogens is 3. The molecule has 2 bridgehead atoms. The van der Waals surface area contributed by atoms with Crippen LogP contribution in [0.4, 0.5) is 13.2 Å². The highest BCUT2D eigenvalue weighted by atomic mass is 32.2. The van der Waals surface area contributed by atoms with Gasteiger partial charge in [-0.2, -0.15) is 4.57 Å². The van der Waals surface area contributed by atoms with Crippen LogP contribution in [0.1, 0.15) is 65.4 Å². The van der Waals surface area contributed by atoms with Crippen LogP contribution in [0, 0.1) is 51.5 Å². The summed E-state index contributed by atoms with van der Waals surface area (Å²) in [6.07, 6.45) is 7.13. The Morgan fingerprint density at radius 2 is 1.96 bits per heavy atom.